The van der Waals surface area contributed by atoms with Crippen LogP contribution in [0.5, 0.6) is 0 Å². The fourth-order valence-corrected chi connectivity index (χ4v) is 2.34. The zero-order valence-corrected chi connectivity index (χ0v) is 10.9. The first-order chi connectivity index (χ1) is 7.66. The molecule has 1 heterocycles. The van der Waals surface area contributed by atoms with Gasteiger partial charge in [0.05, 0.1) is 6.10 Å². The molecule has 1 aliphatic rings. The van der Waals surface area contributed by atoms with Crippen LogP contribution in [0, 0.1) is 0 Å². The van der Waals surface area contributed by atoms with Crippen LogP contribution in [0.2, 0.25) is 0 Å². The Morgan fingerprint density at radius 1 is 1.31 bits per heavy atom. The fourth-order valence-electron chi connectivity index (χ4n) is 2.34. The van der Waals surface area contributed by atoms with Crippen LogP contribution in [-0.4, -0.2) is 57.0 Å². The largest absolute Gasteiger partial charge is 0.385 e. The number of hydrogen-bond donors (Lipinski definition) is 1. The Balaban J connectivity index is 2.47. The van der Waals surface area contributed by atoms with Gasteiger partial charge in [-0.05, 0) is 26.2 Å². The second-order valence-electron chi connectivity index (χ2n) is 4.87. The molecule has 4 heteroatoms. The van der Waals surface area contributed by atoms with E-state index in [1.807, 2.05) is 0 Å². The summed E-state index contributed by atoms with van der Waals surface area (Å²) < 4.78 is 10.5. The van der Waals surface area contributed by atoms with Crippen LogP contribution in [0.4, 0.5) is 0 Å². The molecule has 1 saturated heterocycles. The summed E-state index contributed by atoms with van der Waals surface area (Å²) in [6.07, 6.45) is 3.65. The van der Waals surface area contributed by atoms with E-state index in [9.17, 15) is 0 Å². The highest BCUT2D eigenvalue weighted by Crippen LogP contribution is 2.24. The standard InChI is InChI=1S/C12H26N2O2/c1-12(10-13,6-9-15-2)14-7-4-11(16-3)5-8-14/h11H,4-10,13H2,1-3H3. The quantitative estimate of drug-likeness (QED) is 0.735. The van der Waals surface area contributed by atoms with Crippen molar-refractivity contribution in [2.75, 3.05) is 40.5 Å². The van der Waals surface area contributed by atoms with E-state index in [4.69, 9.17) is 15.2 Å². The number of piperidine rings is 1. The van der Waals surface area contributed by atoms with Gasteiger partial charge in [-0.3, -0.25) is 4.90 Å². The molecular formula is C12H26N2O2. The lowest BCUT2D eigenvalue weighted by Crippen LogP contribution is -2.55. The number of hydrogen-bond acceptors (Lipinski definition) is 4. The van der Waals surface area contributed by atoms with Crippen LogP contribution >= 0.6 is 0 Å². The molecule has 4 nitrogen and oxygen atoms in total. The van der Waals surface area contributed by atoms with Gasteiger partial charge < -0.3 is 15.2 Å². The van der Waals surface area contributed by atoms with Crippen LogP contribution in [0.1, 0.15) is 26.2 Å². The van der Waals surface area contributed by atoms with Gasteiger partial charge in [0.2, 0.25) is 0 Å². The average molecular weight is 230 g/mol. The first kappa shape index (κ1) is 13.9. The Kier molecular flexibility index (Phi) is 5.69. The van der Waals surface area contributed by atoms with Crippen molar-refractivity contribution in [3.63, 3.8) is 0 Å². The molecule has 2 N–H and O–H groups in total. The molecule has 0 radical (unpaired) electrons. The second kappa shape index (κ2) is 6.55. The zero-order chi connectivity index (χ0) is 12.0. The molecule has 1 atom stereocenters. The maximum atomic E-state index is 5.92. The lowest BCUT2D eigenvalue weighted by atomic mass is 9.92. The number of nitrogens with zero attached hydrogens (tertiary/aromatic N) is 1. The summed E-state index contributed by atoms with van der Waals surface area (Å²) in [6.45, 7) is 5.86. The van der Waals surface area contributed by atoms with E-state index in [-0.39, 0.29) is 5.54 Å². The third-order valence-corrected chi connectivity index (χ3v) is 3.82. The third-order valence-electron chi connectivity index (χ3n) is 3.82. The number of ether oxygens (including phenoxy) is 2. The highest BCUT2D eigenvalue weighted by Gasteiger charge is 2.33. The Hall–Kier alpha value is -0.160. The maximum absolute atomic E-state index is 5.92. The van der Waals surface area contributed by atoms with Gasteiger partial charge in [0.15, 0.2) is 0 Å². The number of nitrogens with two attached hydrogens (primary N) is 1. The van der Waals surface area contributed by atoms with Crippen molar-refractivity contribution in [2.45, 2.75) is 37.8 Å². The molecule has 0 spiro atoms. The van der Waals surface area contributed by atoms with E-state index >= 15 is 0 Å². The summed E-state index contributed by atoms with van der Waals surface area (Å²) in [4.78, 5) is 2.49. The summed E-state index contributed by atoms with van der Waals surface area (Å²) in [5.41, 5.74) is 6.00. The summed E-state index contributed by atoms with van der Waals surface area (Å²) in [5.74, 6) is 0. The zero-order valence-electron chi connectivity index (χ0n) is 10.9. The van der Waals surface area contributed by atoms with Crippen molar-refractivity contribution >= 4 is 0 Å². The topological polar surface area (TPSA) is 47.7 Å². The molecule has 1 aliphatic heterocycles. The van der Waals surface area contributed by atoms with E-state index in [0.717, 1.165) is 39.0 Å². The van der Waals surface area contributed by atoms with Gasteiger partial charge in [-0.25, -0.2) is 0 Å². The van der Waals surface area contributed by atoms with E-state index in [1.54, 1.807) is 14.2 Å². The molecule has 0 bridgehead atoms. The predicted molar refractivity (Wildman–Crippen MR) is 65.6 cm³/mol. The van der Waals surface area contributed by atoms with Crippen LogP contribution in [0.15, 0.2) is 0 Å². The summed E-state index contributed by atoms with van der Waals surface area (Å²) >= 11 is 0. The van der Waals surface area contributed by atoms with Crippen LogP contribution in [0.25, 0.3) is 0 Å². The highest BCUT2D eigenvalue weighted by molar-refractivity contribution is 4.90. The Morgan fingerprint density at radius 2 is 1.94 bits per heavy atom. The molecule has 0 saturated carbocycles. The van der Waals surface area contributed by atoms with Crippen molar-refractivity contribution in [1.82, 2.24) is 4.90 Å². The summed E-state index contributed by atoms with van der Waals surface area (Å²) in [6, 6.07) is 0. The molecule has 0 aromatic carbocycles. The maximum Gasteiger partial charge on any atom is 0.0595 e. The second-order valence-corrected chi connectivity index (χ2v) is 4.87. The van der Waals surface area contributed by atoms with Gasteiger partial charge in [-0.2, -0.15) is 0 Å². The molecule has 96 valence electrons. The van der Waals surface area contributed by atoms with E-state index in [1.165, 1.54) is 0 Å². The monoisotopic (exact) mass is 230 g/mol. The van der Waals surface area contributed by atoms with Crippen molar-refractivity contribution in [3.8, 4) is 0 Å². The molecule has 1 fully saturated rings. The SMILES string of the molecule is COCCC(C)(CN)N1CCC(OC)CC1. The van der Waals surface area contributed by atoms with Gasteiger partial charge in [0.25, 0.3) is 0 Å². The first-order valence-corrected chi connectivity index (χ1v) is 6.13. The predicted octanol–water partition coefficient (Wildman–Crippen LogP) is 0.851. The number of rotatable bonds is 6. The molecule has 1 unspecified atom stereocenters. The van der Waals surface area contributed by atoms with Gasteiger partial charge in [-0.15, -0.1) is 0 Å². The van der Waals surface area contributed by atoms with Gasteiger partial charge in [-0.1, -0.05) is 0 Å². The van der Waals surface area contributed by atoms with Gasteiger partial charge in [0.1, 0.15) is 0 Å². The lowest BCUT2D eigenvalue weighted by molar-refractivity contribution is -0.00619. The Morgan fingerprint density at radius 3 is 2.38 bits per heavy atom. The molecule has 1 rings (SSSR count). The van der Waals surface area contributed by atoms with Crippen LogP contribution < -0.4 is 5.73 Å². The Bertz CT molecular complexity index is 193. The fraction of sp³-hybridized carbons (Fsp3) is 1.00. The minimum absolute atomic E-state index is 0.0781. The molecule has 16 heavy (non-hydrogen) atoms. The van der Waals surface area contributed by atoms with E-state index in [0.29, 0.717) is 12.6 Å². The van der Waals surface area contributed by atoms with Crippen LogP contribution in [0.3, 0.4) is 0 Å². The summed E-state index contributed by atoms with van der Waals surface area (Å²) in [7, 11) is 3.54. The smallest absolute Gasteiger partial charge is 0.0595 e. The number of likely N-dealkylation sites (tertiary alicyclic amines) is 1. The van der Waals surface area contributed by atoms with E-state index in [2.05, 4.69) is 11.8 Å². The van der Waals surface area contributed by atoms with Crippen molar-refractivity contribution in [1.29, 1.82) is 0 Å². The molecule has 0 aliphatic carbocycles. The highest BCUT2D eigenvalue weighted by atomic mass is 16.5. The number of methoxy groups -OCH3 is 2. The lowest BCUT2D eigenvalue weighted by Gasteiger charge is -2.44. The average Bonchev–Trinajstić information content (AvgIpc) is 2.36. The van der Waals surface area contributed by atoms with Gasteiger partial charge >= 0.3 is 0 Å². The van der Waals surface area contributed by atoms with Crippen molar-refractivity contribution in [3.05, 3.63) is 0 Å². The minimum atomic E-state index is 0.0781. The molecule has 0 amide bonds. The Labute approximate surface area is 99.1 Å². The third kappa shape index (κ3) is 3.42. The van der Waals surface area contributed by atoms with Crippen molar-refractivity contribution < 1.29 is 9.47 Å². The summed E-state index contributed by atoms with van der Waals surface area (Å²) in [5, 5.41) is 0. The molecular weight excluding hydrogens is 204 g/mol. The van der Waals surface area contributed by atoms with E-state index < -0.39 is 0 Å². The minimum Gasteiger partial charge on any atom is -0.385 e. The first-order valence-electron chi connectivity index (χ1n) is 6.13. The molecule has 0 aromatic heterocycles. The van der Waals surface area contributed by atoms with Crippen molar-refractivity contribution in [2.24, 2.45) is 5.73 Å². The van der Waals surface area contributed by atoms with Crippen LogP contribution in [-0.2, 0) is 9.47 Å². The molecule has 0 aromatic rings. The normalized spacial score (nSPS) is 23.2. The van der Waals surface area contributed by atoms with Gasteiger partial charge in [0, 0.05) is 46.0 Å².